The van der Waals surface area contributed by atoms with E-state index >= 15 is 0 Å². The Balaban J connectivity index is 1.21. The van der Waals surface area contributed by atoms with Crippen LogP contribution in [0.4, 0.5) is 0 Å². The second-order valence-electron chi connectivity index (χ2n) is 9.11. The van der Waals surface area contributed by atoms with Crippen molar-refractivity contribution in [1.29, 1.82) is 0 Å². The van der Waals surface area contributed by atoms with Crippen LogP contribution in [-0.2, 0) is 17.9 Å². The number of carbonyl (C=O) groups is 1. The fraction of sp³-hybridized carbons (Fsp3) is 0.370. The summed E-state index contributed by atoms with van der Waals surface area (Å²) in [6.45, 7) is 4.63. The molecule has 3 N–H and O–H groups in total. The molecule has 4 rings (SSSR count). The number of hydrogen-bond donors (Lipinski definition) is 3. The van der Waals surface area contributed by atoms with E-state index in [1.807, 2.05) is 6.07 Å². The van der Waals surface area contributed by atoms with Crippen LogP contribution in [0.1, 0.15) is 24.0 Å². The lowest BCUT2D eigenvalue weighted by atomic mass is 10.0. The van der Waals surface area contributed by atoms with Gasteiger partial charge in [-0.1, -0.05) is 48.5 Å². The second-order valence-corrected chi connectivity index (χ2v) is 9.11. The molecular weight excluding hydrogens is 398 g/mol. The molecule has 1 unspecified atom stereocenters. The minimum atomic E-state index is 0.157. The van der Waals surface area contributed by atoms with Crippen LogP contribution < -0.4 is 19.9 Å². The number of ether oxygens (including phenoxy) is 1. The minimum absolute atomic E-state index is 0.157. The van der Waals surface area contributed by atoms with Gasteiger partial charge in [-0.05, 0) is 29.0 Å². The highest BCUT2D eigenvalue weighted by molar-refractivity contribution is 5.84. The molecule has 0 saturated carbocycles. The van der Waals surface area contributed by atoms with E-state index in [-0.39, 0.29) is 5.91 Å². The zero-order valence-electron chi connectivity index (χ0n) is 19.2. The first-order chi connectivity index (χ1) is 15.6. The van der Waals surface area contributed by atoms with Crippen molar-refractivity contribution in [3.63, 3.8) is 0 Å². The number of piperidine rings is 1. The third-order valence-corrected chi connectivity index (χ3v) is 6.43. The Labute approximate surface area is 191 Å². The molecule has 1 heterocycles. The van der Waals surface area contributed by atoms with Gasteiger partial charge in [0.1, 0.15) is 18.8 Å². The molecule has 1 aliphatic heterocycles. The van der Waals surface area contributed by atoms with Gasteiger partial charge >= 0.3 is 0 Å². The van der Waals surface area contributed by atoms with E-state index in [2.05, 4.69) is 73.0 Å². The number of methoxy groups -OCH3 is 1. The first-order valence-corrected chi connectivity index (χ1v) is 11.6. The molecular formula is C27H35N3O2+2. The molecule has 32 heavy (non-hydrogen) atoms. The summed E-state index contributed by atoms with van der Waals surface area (Å²) in [5.74, 6) is 1.03. The molecule has 3 aromatic rings. The molecule has 0 aliphatic carbocycles. The molecule has 1 amide bonds. The zero-order chi connectivity index (χ0) is 22.3. The number of fused-ring (bicyclic) bond motifs is 1. The van der Waals surface area contributed by atoms with E-state index in [0.717, 1.165) is 44.8 Å². The maximum Gasteiger partial charge on any atom is 0.275 e. The number of likely N-dealkylation sites (N-methyl/N-ethyl adjacent to an activating group) is 1. The number of rotatable bonds is 8. The van der Waals surface area contributed by atoms with Crippen molar-refractivity contribution in [2.45, 2.75) is 32.0 Å². The Kier molecular flexibility index (Phi) is 7.40. The second kappa shape index (κ2) is 10.6. The normalized spacial score (nSPS) is 19.4. The Bertz CT molecular complexity index is 1030. The van der Waals surface area contributed by atoms with Crippen molar-refractivity contribution in [3.8, 4) is 5.75 Å². The standard InChI is InChI=1S/C27H33N3O2/c1-29(18-22-8-9-24-17-26(32-2)11-10-23(24)16-22)20-27(31)28-25-12-14-30(15-13-25)19-21-6-4-3-5-7-21/h3-11,16-17,25H,12-15,18-20H2,1-2H3,(H,28,31)/p+2. The molecule has 5 nitrogen and oxygen atoms in total. The molecule has 1 fully saturated rings. The van der Waals surface area contributed by atoms with Gasteiger partial charge in [0, 0.05) is 30.0 Å². The first-order valence-electron chi connectivity index (χ1n) is 11.6. The molecule has 5 heteroatoms. The maximum absolute atomic E-state index is 12.6. The molecule has 1 aliphatic rings. The van der Waals surface area contributed by atoms with Gasteiger partial charge < -0.3 is 19.9 Å². The molecule has 168 valence electrons. The van der Waals surface area contributed by atoms with E-state index in [1.165, 1.54) is 26.8 Å². The van der Waals surface area contributed by atoms with Crippen molar-refractivity contribution in [2.75, 3.05) is 33.8 Å². The summed E-state index contributed by atoms with van der Waals surface area (Å²) in [5.41, 5.74) is 2.63. The fourth-order valence-corrected chi connectivity index (χ4v) is 4.71. The number of carbonyl (C=O) groups excluding carboxylic acids is 1. The number of nitrogens with one attached hydrogen (secondary N) is 3. The smallest absolute Gasteiger partial charge is 0.275 e. The van der Waals surface area contributed by atoms with Crippen LogP contribution in [0.3, 0.4) is 0 Å². The summed E-state index contributed by atoms with van der Waals surface area (Å²) in [6.07, 6.45) is 2.11. The number of amides is 1. The largest absolute Gasteiger partial charge is 0.497 e. The summed E-state index contributed by atoms with van der Waals surface area (Å²) >= 11 is 0. The topological polar surface area (TPSA) is 47.2 Å². The van der Waals surface area contributed by atoms with Gasteiger partial charge in [0.05, 0.1) is 27.2 Å². The third kappa shape index (κ3) is 6.09. The van der Waals surface area contributed by atoms with E-state index < -0.39 is 0 Å². The number of quaternary nitrogens is 2. The van der Waals surface area contributed by atoms with Crippen LogP contribution in [0.5, 0.6) is 5.75 Å². The van der Waals surface area contributed by atoms with Crippen LogP contribution in [0.15, 0.2) is 66.7 Å². The monoisotopic (exact) mass is 433 g/mol. The van der Waals surface area contributed by atoms with E-state index in [9.17, 15) is 4.79 Å². The van der Waals surface area contributed by atoms with Gasteiger partial charge in [0.2, 0.25) is 0 Å². The molecule has 3 aromatic carbocycles. The van der Waals surface area contributed by atoms with E-state index in [1.54, 1.807) is 12.0 Å². The molecule has 1 saturated heterocycles. The van der Waals surface area contributed by atoms with E-state index in [0.29, 0.717) is 12.6 Å². The van der Waals surface area contributed by atoms with Crippen LogP contribution in [-0.4, -0.2) is 45.7 Å². The predicted molar refractivity (Wildman–Crippen MR) is 128 cm³/mol. The molecule has 1 atom stereocenters. The molecule has 0 bridgehead atoms. The van der Waals surface area contributed by atoms with Gasteiger partial charge in [-0.2, -0.15) is 0 Å². The summed E-state index contributed by atoms with van der Waals surface area (Å²) in [5, 5.41) is 5.65. The van der Waals surface area contributed by atoms with Crippen LogP contribution in [0, 0.1) is 0 Å². The predicted octanol–water partition coefficient (Wildman–Crippen LogP) is 1.23. The fourth-order valence-electron chi connectivity index (χ4n) is 4.71. The van der Waals surface area contributed by atoms with Crippen LogP contribution >= 0.6 is 0 Å². The summed E-state index contributed by atoms with van der Waals surface area (Å²) in [6, 6.07) is 23.6. The van der Waals surface area contributed by atoms with Gasteiger partial charge in [-0.15, -0.1) is 0 Å². The van der Waals surface area contributed by atoms with E-state index in [4.69, 9.17) is 4.74 Å². The third-order valence-electron chi connectivity index (χ3n) is 6.43. The van der Waals surface area contributed by atoms with Crippen molar-refractivity contribution >= 4 is 16.7 Å². The van der Waals surface area contributed by atoms with Crippen molar-refractivity contribution in [3.05, 3.63) is 77.9 Å². The number of benzene rings is 3. The van der Waals surface area contributed by atoms with Gasteiger partial charge in [0.15, 0.2) is 6.54 Å². The minimum Gasteiger partial charge on any atom is -0.497 e. The highest BCUT2D eigenvalue weighted by Crippen LogP contribution is 2.21. The molecule has 0 aromatic heterocycles. The highest BCUT2D eigenvalue weighted by Gasteiger charge is 2.24. The lowest BCUT2D eigenvalue weighted by Crippen LogP contribution is -3.12. The van der Waals surface area contributed by atoms with Gasteiger partial charge in [0.25, 0.3) is 5.91 Å². The molecule has 0 spiro atoms. The lowest BCUT2D eigenvalue weighted by Gasteiger charge is -2.30. The Morgan fingerprint density at radius 1 is 1.00 bits per heavy atom. The van der Waals surface area contributed by atoms with Crippen molar-refractivity contribution in [2.24, 2.45) is 0 Å². The summed E-state index contributed by atoms with van der Waals surface area (Å²) in [7, 11) is 3.78. The van der Waals surface area contributed by atoms with Crippen LogP contribution in [0.25, 0.3) is 10.8 Å². The Morgan fingerprint density at radius 2 is 1.72 bits per heavy atom. The number of hydrogen-bond acceptors (Lipinski definition) is 2. The summed E-state index contributed by atoms with van der Waals surface area (Å²) < 4.78 is 5.31. The first kappa shape index (κ1) is 22.3. The van der Waals surface area contributed by atoms with Crippen molar-refractivity contribution < 1.29 is 19.3 Å². The maximum atomic E-state index is 12.6. The lowest BCUT2D eigenvalue weighted by molar-refractivity contribution is -0.918. The van der Waals surface area contributed by atoms with Gasteiger partial charge in [-0.25, -0.2) is 0 Å². The van der Waals surface area contributed by atoms with Crippen molar-refractivity contribution in [1.82, 2.24) is 5.32 Å². The highest BCUT2D eigenvalue weighted by atomic mass is 16.5. The molecule has 0 radical (unpaired) electrons. The quantitative estimate of drug-likeness (QED) is 0.500. The Morgan fingerprint density at radius 3 is 2.47 bits per heavy atom. The summed E-state index contributed by atoms with van der Waals surface area (Å²) in [4.78, 5) is 15.4. The average molecular weight is 434 g/mol. The Hall–Kier alpha value is -2.89. The van der Waals surface area contributed by atoms with Gasteiger partial charge in [-0.3, -0.25) is 4.79 Å². The number of likely N-dealkylation sites (tertiary alicyclic amines) is 1. The van der Waals surface area contributed by atoms with Crippen LogP contribution in [0.2, 0.25) is 0 Å². The zero-order valence-corrected chi connectivity index (χ0v) is 19.2. The SMILES string of the molecule is COc1ccc2cc(C[NH+](C)CC(=O)NC3CC[NH+](Cc4ccccc4)CC3)ccc2c1. The average Bonchev–Trinajstić information content (AvgIpc) is 2.80.